The molecule has 334 valence electrons. The Morgan fingerprint density at radius 2 is 1.06 bits per heavy atom. The summed E-state index contributed by atoms with van der Waals surface area (Å²) in [6.45, 7) is 7.25. The fourth-order valence-electron chi connectivity index (χ4n) is 8.21. The van der Waals surface area contributed by atoms with E-state index < -0.39 is 48.6 Å². The van der Waals surface area contributed by atoms with Gasteiger partial charge in [0.05, 0.1) is 51.8 Å². The van der Waals surface area contributed by atoms with Crippen LogP contribution in [0.4, 0.5) is 0 Å². The van der Waals surface area contributed by atoms with Gasteiger partial charge in [0.25, 0.3) is 0 Å². The van der Waals surface area contributed by atoms with E-state index in [0.29, 0.717) is 26.2 Å². The fourth-order valence-corrected chi connectivity index (χ4v) is 8.21. The van der Waals surface area contributed by atoms with Crippen LogP contribution in [0.2, 0.25) is 0 Å². The Kier molecular flexibility index (Phi) is 17.5. The molecule has 0 aliphatic carbocycles. The lowest BCUT2D eigenvalue weighted by atomic mass is 9.97. The lowest BCUT2D eigenvalue weighted by Gasteiger charge is -2.46. The molecule has 10 heteroatoms. The normalized spacial score (nSPS) is 23.6. The molecule has 1 amide bonds. The van der Waals surface area contributed by atoms with Gasteiger partial charge in [0.2, 0.25) is 5.91 Å². The van der Waals surface area contributed by atoms with Gasteiger partial charge in [-0.15, -0.1) is 0 Å². The van der Waals surface area contributed by atoms with E-state index in [0.717, 1.165) is 41.5 Å². The van der Waals surface area contributed by atoms with Gasteiger partial charge < -0.3 is 43.2 Å². The van der Waals surface area contributed by atoms with Gasteiger partial charge in [-0.05, 0) is 67.9 Å². The molecule has 5 unspecified atom stereocenters. The smallest absolute Gasteiger partial charge is 0.220 e. The third-order valence-corrected chi connectivity index (χ3v) is 11.3. The number of benzene rings is 5. The molecule has 2 aliphatic rings. The van der Waals surface area contributed by atoms with Gasteiger partial charge in [-0.1, -0.05) is 152 Å². The predicted octanol–water partition coefficient (Wildman–Crippen LogP) is 9.14. The summed E-state index contributed by atoms with van der Waals surface area (Å²) in [5.74, 6) is -0.920. The number of amides is 1. The second kappa shape index (κ2) is 23.8. The Hall–Kier alpha value is -4.75. The number of hydrogen-bond acceptors (Lipinski definition) is 9. The number of carbonyl (C=O) groups is 1. The maximum atomic E-state index is 13.7. The van der Waals surface area contributed by atoms with E-state index in [1.165, 1.54) is 5.56 Å². The van der Waals surface area contributed by atoms with Crippen molar-refractivity contribution in [2.75, 3.05) is 13.2 Å². The molecule has 63 heavy (non-hydrogen) atoms. The molecule has 1 N–H and O–H groups in total. The average Bonchev–Trinajstić information content (AvgIpc) is 3.60. The SMILES string of the molecule is C[C@H]1OC(C)(C)O[C@H]1[C@H](COC1OC(COCc2ccccc2)C(OCc2ccccc2)C(OCc2ccccc2)C1OCc1ccccc1)NC(=O)CCCCc1ccccc1. The highest BCUT2D eigenvalue weighted by molar-refractivity contribution is 5.76. The van der Waals surface area contributed by atoms with Crippen LogP contribution in [-0.4, -0.2) is 73.9 Å². The molecule has 0 radical (unpaired) electrons. The quantitative estimate of drug-likeness (QED) is 0.0645. The second-order valence-electron chi connectivity index (χ2n) is 16.8. The van der Waals surface area contributed by atoms with Gasteiger partial charge in [-0.25, -0.2) is 0 Å². The molecule has 0 bridgehead atoms. The number of ether oxygens (including phenoxy) is 8. The van der Waals surface area contributed by atoms with E-state index in [4.69, 9.17) is 37.9 Å². The van der Waals surface area contributed by atoms with E-state index in [-0.39, 0.29) is 31.8 Å². The van der Waals surface area contributed by atoms with Gasteiger partial charge in [0.15, 0.2) is 12.1 Å². The van der Waals surface area contributed by atoms with E-state index in [9.17, 15) is 4.79 Å². The predicted molar refractivity (Wildman–Crippen MR) is 241 cm³/mol. The van der Waals surface area contributed by atoms with E-state index >= 15 is 0 Å². The molecule has 10 nitrogen and oxygen atoms in total. The van der Waals surface area contributed by atoms with Gasteiger partial charge in [-0.2, -0.15) is 0 Å². The number of carbonyl (C=O) groups excluding carboxylic acids is 1. The average molecular weight is 858 g/mol. The van der Waals surface area contributed by atoms with Gasteiger partial charge in [-0.3, -0.25) is 4.79 Å². The summed E-state index contributed by atoms with van der Waals surface area (Å²) < 4.78 is 53.4. The van der Waals surface area contributed by atoms with Crippen LogP contribution in [0.5, 0.6) is 0 Å². The zero-order chi connectivity index (χ0) is 43.7. The summed E-state index contributed by atoms with van der Waals surface area (Å²) in [6.07, 6.45) is -1.51. The molecule has 2 fully saturated rings. The maximum Gasteiger partial charge on any atom is 0.220 e. The van der Waals surface area contributed by atoms with Gasteiger partial charge in [0.1, 0.15) is 30.5 Å². The first-order valence-electron chi connectivity index (χ1n) is 22.3. The Morgan fingerprint density at radius 3 is 1.57 bits per heavy atom. The lowest BCUT2D eigenvalue weighted by Crippen LogP contribution is -2.62. The Balaban J connectivity index is 1.15. The molecule has 2 aliphatic heterocycles. The van der Waals surface area contributed by atoms with E-state index in [2.05, 4.69) is 17.4 Å². The summed E-state index contributed by atoms with van der Waals surface area (Å²) >= 11 is 0. The lowest BCUT2D eigenvalue weighted by molar-refractivity contribution is -0.329. The highest BCUT2D eigenvalue weighted by atomic mass is 16.8. The fraction of sp³-hybridized carbons (Fsp3) is 0.415. The zero-order valence-corrected chi connectivity index (χ0v) is 36.8. The summed E-state index contributed by atoms with van der Waals surface area (Å²) in [5.41, 5.74) is 5.30. The monoisotopic (exact) mass is 857 g/mol. The van der Waals surface area contributed by atoms with Crippen LogP contribution in [0.1, 0.15) is 67.9 Å². The summed E-state index contributed by atoms with van der Waals surface area (Å²) in [5, 5.41) is 3.26. The van der Waals surface area contributed by atoms with Crippen molar-refractivity contribution in [2.45, 2.75) is 128 Å². The van der Waals surface area contributed by atoms with Crippen LogP contribution >= 0.6 is 0 Å². The van der Waals surface area contributed by atoms with Crippen LogP contribution in [-0.2, 0) is 75.5 Å². The molecule has 0 aromatic heterocycles. The standard InChI is InChI=1S/C53H63NO9/c1-39-48(63-53(2,3)62-39)45(54-47(55)32-20-19-23-40-21-9-4-10-22-40)37-60-52-51(59-36-44-30-17-8-18-31-44)50(58-35-43-28-15-7-16-29-43)49(57-34-42-26-13-6-14-27-42)46(61-52)38-56-33-41-24-11-5-12-25-41/h4-18,21-22,24-31,39,45-46,48-52H,19-20,23,32-38H2,1-3H3,(H,54,55)/t39-,45+,46?,48-,49?,50?,51?,52?/m1/s1. The molecular weight excluding hydrogens is 795 g/mol. The number of rotatable bonds is 23. The Morgan fingerprint density at radius 1 is 0.587 bits per heavy atom. The van der Waals surface area contributed by atoms with Crippen LogP contribution < -0.4 is 5.32 Å². The van der Waals surface area contributed by atoms with Crippen LogP contribution in [0.3, 0.4) is 0 Å². The van der Waals surface area contributed by atoms with Gasteiger partial charge in [0, 0.05) is 6.42 Å². The van der Waals surface area contributed by atoms with Crippen LogP contribution in [0, 0.1) is 0 Å². The van der Waals surface area contributed by atoms with Crippen molar-refractivity contribution in [3.8, 4) is 0 Å². The highest BCUT2D eigenvalue weighted by Crippen LogP contribution is 2.34. The minimum atomic E-state index is -0.952. The van der Waals surface area contributed by atoms with Crippen molar-refractivity contribution in [2.24, 2.45) is 0 Å². The molecule has 0 spiro atoms. The van der Waals surface area contributed by atoms with Crippen molar-refractivity contribution in [1.82, 2.24) is 5.32 Å². The molecule has 5 aromatic rings. The number of nitrogens with one attached hydrogen (secondary N) is 1. The number of hydrogen-bond donors (Lipinski definition) is 1. The van der Waals surface area contributed by atoms with Crippen molar-refractivity contribution < 1.29 is 42.7 Å². The highest BCUT2D eigenvalue weighted by Gasteiger charge is 2.50. The molecule has 0 saturated carbocycles. The topological polar surface area (TPSA) is 103 Å². The minimum absolute atomic E-state index is 0.0542. The summed E-state index contributed by atoms with van der Waals surface area (Å²) in [6, 6.07) is 49.9. The van der Waals surface area contributed by atoms with Gasteiger partial charge >= 0.3 is 0 Å². The van der Waals surface area contributed by atoms with Crippen molar-refractivity contribution in [1.29, 1.82) is 0 Å². The maximum absolute atomic E-state index is 13.7. The molecule has 2 heterocycles. The molecule has 2 saturated heterocycles. The minimum Gasteiger partial charge on any atom is -0.374 e. The molecule has 7 rings (SSSR count). The second-order valence-corrected chi connectivity index (χ2v) is 16.8. The third-order valence-electron chi connectivity index (χ3n) is 11.3. The van der Waals surface area contributed by atoms with Crippen molar-refractivity contribution >= 4 is 5.91 Å². The Labute approximate surface area is 373 Å². The third kappa shape index (κ3) is 14.4. The molecule has 8 atom stereocenters. The van der Waals surface area contributed by atoms with Crippen molar-refractivity contribution in [3.63, 3.8) is 0 Å². The van der Waals surface area contributed by atoms with E-state index in [1.807, 2.05) is 160 Å². The summed E-state index contributed by atoms with van der Waals surface area (Å²) in [4.78, 5) is 13.7. The number of unbranched alkanes of at least 4 members (excludes halogenated alkanes) is 1. The molecule has 5 aromatic carbocycles. The van der Waals surface area contributed by atoms with Crippen molar-refractivity contribution in [3.05, 3.63) is 179 Å². The zero-order valence-electron chi connectivity index (χ0n) is 36.8. The molecular formula is C53H63NO9. The Bertz CT molecular complexity index is 2040. The van der Waals surface area contributed by atoms with Crippen LogP contribution in [0.25, 0.3) is 0 Å². The first-order chi connectivity index (χ1) is 30.8. The number of aryl methyl sites for hydroxylation is 1. The largest absolute Gasteiger partial charge is 0.374 e. The first kappa shape index (κ1) is 46.2. The van der Waals surface area contributed by atoms with E-state index in [1.54, 1.807) is 0 Å². The first-order valence-corrected chi connectivity index (χ1v) is 22.3. The van der Waals surface area contributed by atoms with Crippen LogP contribution in [0.15, 0.2) is 152 Å². The summed E-state index contributed by atoms with van der Waals surface area (Å²) in [7, 11) is 0.